The number of rotatable bonds is 10. The summed E-state index contributed by atoms with van der Waals surface area (Å²) in [6, 6.07) is 16.3. The van der Waals surface area contributed by atoms with Crippen molar-refractivity contribution in [2.45, 2.75) is 25.3 Å². The van der Waals surface area contributed by atoms with E-state index in [0.717, 1.165) is 24.3 Å². The maximum atomic E-state index is 13.3. The molecule has 0 aliphatic carbocycles. The summed E-state index contributed by atoms with van der Waals surface area (Å²) in [6.07, 6.45) is 4.39. The Labute approximate surface area is 194 Å². The first-order valence-corrected chi connectivity index (χ1v) is 12.4. The first-order valence-electron chi connectivity index (χ1n) is 11.0. The quantitative estimate of drug-likeness (QED) is 0.588. The van der Waals surface area contributed by atoms with Crippen molar-refractivity contribution >= 4 is 23.6 Å². The number of benzene rings is 2. The lowest BCUT2D eigenvalue weighted by Gasteiger charge is -2.34. The van der Waals surface area contributed by atoms with E-state index in [2.05, 4.69) is 5.32 Å². The zero-order valence-electron chi connectivity index (χ0n) is 18.8. The van der Waals surface area contributed by atoms with Crippen LogP contribution in [0.15, 0.2) is 54.6 Å². The minimum absolute atomic E-state index is 0.00951. The van der Waals surface area contributed by atoms with E-state index in [-0.39, 0.29) is 11.8 Å². The zero-order valence-corrected chi connectivity index (χ0v) is 19.6. The number of amides is 2. The van der Waals surface area contributed by atoms with Gasteiger partial charge in [-0.3, -0.25) is 9.59 Å². The van der Waals surface area contributed by atoms with Crippen LogP contribution < -0.4 is 14.8 Å². The van der Waals surface area contributed by atoms with Crippen LogP contribution in [0.5, 0.6) is 11.5 Å². The number of piperidine rings is 1. The second-order valence-electron chi connectivity index (χ2n) is 7.90. The van der Waals surface area contributed by atoms with Crippen molar-refractivity contribution in [3.8, 4) is 11.5 Å². The number of methoxy groups -OCH3 is 1. The summed E-state index contributed by atoms with van der Waals surface area (Å²) in [4.78, 5) is 28.0. The molecular formula is C25H32N2O4S. The number of nitrogens with zero attached hydrogens (tertiary/aromatic N) is 1. The maximum Gasteiger partial charge on any atom is 0.255 e. The summed E-state index contributed by atoms with van der Waals surface area (Å²) < 4.78 is 11.2. The molecule has 32 heavy (non-hydrogen) atoms. The van der Waals surface area contributed by atoms with Gasteiger partial charge in [-0.1, -0.05) is 30.3 Å². The normalized spacial score (nSPS) is 15.1. The molecule has 1 atom stereocenters. The van der Waals surface area contributed by atoms with E-state index in [1.54, 1.807) is 30.0 Å². The highest BCUT2D eigenvalue weighted by molar-refractivity contribution is 7.98. The average Bonchev–Trinajstić information content (AvgIpc) is 2.85. The highest BCUT2D eigenvalue weighted by atomic mass is 32.2. The summed E-state index contributed by atoms with van der Waals surface area (Å²) in [7, 11) is 1.54. The number of carbonyl (C=O) groups excluding carboxylic acids is 2. The molecular weight excluding hydrogens is 424 g/mol. The number of para-hydroxylation sites is 2. The minimum atomic E-state index is -0.544. The van der Waals surface area contributed by atoms with E-state index >= 15 is 0 Å². The number of ether oxygens (including phenoxy) is 2. The van der Waals surface area contributed by atoms with Crippen LogP contribution in [0.4, 0.5) is 0 Å². The van der Waals surface area contributed by atoms with E-state index in [0.29, 0.717) is 43.3 Å². The first kappa shape index (κ1) is 24.0. The Morgan fingerprint density at radius 2 is 1.78 bits per heavy atom. The number of likely N-dealkylation sites (tertiary alicyclic amines) is 1. The fourth-order valence-corrected chi connectivity index (χ4v) is 4.30. The molecule has 1 N–H and O–H groups in total. The summed E-state index contributed by atoms with van der Waals surface area (Å²) in [5.41, 5.74) is 0.439. The molecule has 1 saturated heterocycles. The number of carbonyl (C=O) groups is 2. The van der Waals surface area contributed by atoms with Crippen LogP contribution in [0.25, 0.3) is 0 Å². The number of nitrogens with one attached hydrogen (secondary N) is 1. The van der Waals surface area contributed by atoms with Crippen LogP contribution in [0.2, 0.25) is 0 Å². The van der Waals surface area contributed by atoms with Crippen molar-refractivity contribution in [2.24, 2.45) is 5.92 Å². The molecule has 3 rings (SSSR count). The molecule has 1 heterocycles. The van der Waals surface area contributed by atoms with Gasteiger partial charge in [0, 0.05) is 13.1 Å². The maximum absolute atomic E-state index is 13.3. The lowest BCUT2D eigenvalue weighted by molar-refractivity contribution is -0.134. The van der Waals surface area contributed by atoms with Gasteiger partial charge in [-0.2, -0.15) is 11.8 Å². The topological polar surface area (TPSA) is 67.9 Å². The molecule has 0 spiro atoms. The Morgan fingerprint density at radius 3 is 2.47 bits per heavy atom. The summed E-state index contributed by atoms with van der Waals surface area (Å²) in [6.45, 7) is 2.02. The van der Waals surface area contributed by atoms with Crippen molar-refractivity contribution in [1.29, 1.82) is 0 Å². The third-order valence-electron chi connectivity index (χ3n) is 5.72. The molecule has 172 valence electrons. The highest BCUT2D eigenvalue weighted by Crippen LogP contribution is 2.21. The monoisotopic (exact) mass is 456 g/mol. The summed E-state index contributed by atoms with van der Waals surface area (Å²) in [5.74, 6) is 2.30. The number of thioether (sulfide) groups is 1. The lowest BCUT2D eigenvalue weighted by Crippen LogP contribution is -2.51. The summed E-state index contributed by atoms with van der Waals surface area (Å²) in [5, 5.41) is 2.95. The average molecular weight is 457 g/mol. The Kier molecular flexibility index (Phi) is 9.28. The van der Waals surface area contributed by atoms with Crippen molar-refractivity contribution in [3.63, 3.8) is 0 Å². The first-order chi connectivity index (χ1) is 15.6. The van der Waals surface area contributed by atoms with Crippen molar-refractivity contribution in [3.05, 3.63) is 60.2 Å². The smallest absolute Gasteiger partial charge is 0.255 e. The summed E-state index contributed by atoms with van der Waals surface area (Å²) >= 11 is 1.67. The Balaban J connectivity index is 1.55. The SMILES string of the molecule is COc1ccccc1C(=O)NC(CCSC)C(=O)N1CCC(COc2ccccc2)CC1. The van der Waals surface area contributed by atoms with Gasteiger partial charge < -0.3 is 19.7 Å². The van der Waals surface area contributed by atoms with Gasteiger partial charge in [-0.15, -0.1) is 0 Å². The van der Waals surface area contributed by atoms with Crippen LogP contribution in [0.3, 0.4) is 0 Å². The lowest BCUT2D eigenvalue weighted by atomic mass is 9.97. The molecule has 7 heteroatoms. The van der Waals surface area contributed by atoms with Crippen molar-refractivity contribution < 1.29 is 19.1 Å². The van der Waals surface area contributed by atoms with Gasteiger partial charge in [0.25, 0.3) is 5.91 Å². The Hall–Kier alpha value is -2.67. The number of hydrogen-bond acceptors (Lipinski definition) is 5. The molecule has 1 aliphatic heterocycles. The second-order valence-corrected chi connectivity index (χ2v) is 8.89. The molecule has 2 aromatic carbocycles. The minimum Gasteiger partial charge on any atom is -0.496 e. The standard InChI is InChI=1S/C25H32N2O4S/c1-30-23-11-7-6-10-21(23)24(28)26-22(14-17-32-2)25(29)27-15-12-19(13-16-27)18-31-20-8-4-3-5-9-20/h3-11,19,22H,12-18H2,1-2H3,(H,26,28). The molecule has 1 aliphatic rings. The van der Waals surface area contributed by atoms with Crippen molar-refractivity contribution in [1.82, 2.24) is 10.2 Å². The molecule has 2 amide bonds. The Bertz CT molecular complexity index is 869. The van der Waals surface area contributed by atoms with Gasteiger partial charge in [0.2, 0.25) is 5.91 Å². The molecule has 0 radical (unpaired) electrons. The zero-order chi connectivity index (χ0) is 22.8. The van der Waals surface area contributed by atoms with E-state index in [1.165, 1.54) is 7.11 Å². The largest absolute Gasteiger partial charge is 0.496 e. The van der Waals surface area contributed by atoms with Crippen LogP contribution in [0, 0.1) is 5.92 Å². The molecule has 0 bridgehead atoms. The fourth-order valence-electron chi connectivity index (χ4n) is 3.83. The Morgan fingerprint density at radius 1 is 1.09 bits per heavy atom. The van der Waals surface area contributed by atoms with Gasteiger partial charge in [-0.25, -0.2) is 0 Å². The third kappa shape index (κ3) is 6.66. The van der Waals surface area contributed by atoms with Crippen molar-refractivity contribution in [2.75, 3.05) is 38.8 Å². The predicted molar refractivity (Wildman–Crippen MR) is 128 cm³/mol. The fraction of sp³-hybridized carbons (Fsp3) is 0.440. The van der Waals surface area contributed by atoms with Gasteiger partial charge in [0.05, 0.1) is 19.3 Å². The van der Waals surface area contributed by atoms with E-state index < -0.39 is 6.04 Å². The van der Waals surface area contributed by atoms with E-state index in [4.69, 9.17) is 9.47 Å². The van der Waals surface area contributed by atoms with Crippen LogP contribution in [-0.4, -0.2) is 61.6 Å². The second kappa shape index (κ2) is 12.4. The van der Waals surface area contributed by atoms with Crippen LogP contribution in [-0.2, 0) is 4.79 Å². The highest BCUT2D eigenvalue weighted by Gasteiger charge is 2.30. The third-order valence-corrected chi connectivity index (χ3v) is 6.36. The molecule has 6 nitrogen and oxygen atoms in total. The van der Waals surface area contributed by atoms with Crippen LogP contribution in [0.1, 0.15) is 29.6 Å². The van der Waals surface area contributed by atoms with Gasteiger partial charge in [-0.05, 0) is 61.5 Å². The molecule has 0 aromatic heterocycles. The van der Waals surface area contributed by atoms with Gasteiger partial charge >= 0.3 is 0 Å². The molecule has 1 fully saturated rings. The van der Waals surface area contributed by atoms with E-state index in [9.17, 15) is 9.59 Å². The molecule has 2 aromatic rings. The van der Waals surface area contributed by atoms with Gasteiger partial charge in [0.15, 0.2) is 0 Å². The molecule has 1 unspecified atom stereocenters. The van der Waals surface area contributed by atoms with E-state index in [1.807, 2.05) is 47.6 Å². The number of hydrogen-bond donors (Lipinski definition) is 1. The van der Waals surface area contributed by atoms with Crippen LogP contribution >= 0.6 is 11.8 Å². The molecule has 0 saturated carbocycles. The predicted octanol–water partition coefficient (Wildman–Crippen LogP) is 3.86. The van der Waals surface area contributed by atoms with Gasteiger partial charge in [0.1, 0.15) is 17.5 Å².